The van der Waals surface area contributed by atoms with Crippen LogP contribution in [0.5, 0.6) is 0 Å². The zero-order valence-corrected chi connectivity index (χ0v) is 11.3. The zero-order chi connectivity index (χ0) is 14.3. The van der Waals surface area contributed by atoms with Crippen LogP contribution in [-0.4, -0.2) is 41.1 Å². The van der Waals surface area contributed by atoms with Crippen LogP contribution in [-0.2, 0) is 26.1 Å². The van der Waals surface area contributed by atoms with E-state index in [2.05, 4.69) is 10.0 Å². The van der Waals surface area contributed by atoms with E-state index in [9.17, 15) is 13.2 Å². The second kappa shape index (κ2) is 7.24. The normalized spacial score (nSPS) is 11.6. The summed E-state index contributed by atoms with van der Waals surface area (Å²) >= 11 is 0. The van der Waals surface area contributed by atoms with E-state index in [1.165, 1.54) is 13.1 Å². The van der Waals surface area contributed by atoms with Crippen molar-refractivity contribution >= 4 is 15.9 Å². The molecule has 0 aliphatic carbocycles. The molecule has 0 fully saturated rings. The maximum absolute atomic E-state index is 11.4. The highest BCUT2D eigenvalue weighted by atomic mass is 32.2. The van der Waals surface area contributed by atoms with Crippen LogP contribution in [0.25, 0.3) is 0 Å². The van der Waals surface area contributed by atoms with Gasteiger partial charge in [0.1, 0.15) is 12.4 Å². The highest BCUT2D eigenvalue weighted by molar-refractivity contribution is 7.89. The molecule has 0 spiro atoms. The molecule has 0 saturated heterocycles. The van der Waals surface area contributed by atoms with Gasteiger partial charge in [0.25, 0.3) is 10.0 Å². The number of nitrogens with one attached hydrogen (secondary N) is 2. The van der Waals surface area contributed by atoms with Crippen molar-refractivity contribution < 1.29 is 22.4 Å². The predicted molar refractivity (Wildman–Crippen MR) is 66.7 cm³/mol. The van der Waals surface area contributed by atoms with E-state index >= 15 is 0 Å². The first-order valence-electron chi connectivity index (χ1n) is 5.54. The van der Waals surface area contributed by atoms with E-state index in [0.29, 0.717) is 25.5 Å². The molecule has 19 heavy (non-hydrogen) atoms. The van der Waals surface area contributed by atoms with Gasteiger partial charge < -0.3 is 20.2 Å². The Morgan fingerprint density at radius 1 is 1.47 bits per heavy atom. The number of amides is 1. The number of carbonyl (C=O) groups is 1. The van der Waals surface area contributed by atoms with Gasteiger partial charge in [0.15, 0.2) is 0 Å². The maximum Gasteiger partial charge on any atom is 0.273 e. The summed E-state index contributed by atoms with van der Waals surface area (Å²) in [6.07, 6.45) is 0. The molecule has 0 aliphatic heterocycles. The number of furan rings is 1. The number of carbonyl (C=O) groups excluding carboxylic acids is 1. The van der Waals surface area contributed by atoms with Gasteiger partial charge in [0.05, 0.1) is 13.2 Å². The minimum atomic E-state index is -3.55. The molecule has 0 saturated carbocycles. The Morgan fingerprint density at radius 3 is 2.84 bits per heavy atom. The Balaban J connectivity index is 2.29. The molecule has 0 radical (unpaired) electrons. The van der Waals surface area contributed by atoms with Crippen molar-refractivity contribution in [2.75, 3.05) is 26.8 Å². The summed E-state index contributed by atoms with van der Waals surface area (Å²) in [5.41, 5.74) is 4.89. The number of hydrogen-bond donors (Lipinski definition) is 3. The molecule has 0 aromatic carbocycles. The van der Waals surface area contributed by atoms with Gasteiger partial charge in [-0.3, -0.25) is 4.79 Å². The topological polar surface area (TPSA) is 124 Å². The van der Waals surface area contributed by atoms with Crippen molar-refractivity contribution in [2.45, 2.75) is 11.6 Å². The van der Waals surface area contributed by atoms with Crippen molar-refractivity contribution in [1.82, 2.24) is 10.0 Å². The van der Waals surface area contributed by atoms with Crippen molar-refractivity contribution in [3.05, 3.63) is 17.9 Å². The summed E-state index contributed by atoms with van der Waals surface area (Å²) in [6, 6.07) is 2.95. The van der Waals surface area contributed by atoms with Crippen LogP contribution >= 0.6 is 0 Å². The lowest BCUT2D eigenvalue weighted by atomic mass is 10.4. The number of hydrogen-bond acceptors (Lipinski definition) is 6. The van der Waals surface area contributed by atoms with Gasteiger partial charge in [-0.1, -0.05) is 0 Å². The zero-order valence-electron chi connectivity index (χ0n) is 10.5. The number of primary amides is 1. The summed E-state index contributed by atoms with van der Waals surface area (Å²) in [5.74, 6) is -0.0309. The minimum Gasteiger partial charge on any atom is -0.447 e. The van der Waals surface area contributed by atoms with Crippen LogP contribution in [0.1, 0.15) is 5.76 Å². The summed E-state index contributed by atoms with van der Waals surface area (Å²) in [6.45, 7) is 1.06. The average Bonchev–Trinajstić information content (AvgIpc) is 2.82. The molecule has 1 heterocycles. The predicted octanol–water partition coefficient (Wildman–Crippen LogP) is -1.22. The number of rotatable bonds is 9. The van der Waals surface area contributed by atoms with Crippen LogP contribution in [0, 0.1) is 0 Å². The third-order valence-electron chi connectivity index (χ3n) is 2.14. The van der Waals surface area contributed by atoms with Crippen molar-refractivity contribution in [2.24, 2.45) is 5.73 Å². The van der Waals surface area contributed by atoms with Crippen LogP contribution in [0.3, 0.4) is 0 Å². The number of sulfonamides is 1. The van der Waals surface area contributed by atoms with Gasteiger partial charge in [-0.25, -0.2) is 13.1 Å². The first-order valence-corrected chi connectivity index (χ1v) is 7.03. The van der Waals surface area contributed by atoms with Crippen LogP contribution in [0.2, 0.25) is 0 Å². The minimum absolute atomic E-state index is 0.118. The molecule has 1 amide bonds. The average molecular weight is 291 g/mol. The van der Waals surface area contributed by atoms with E-state index in [0.717, 1.165) is 0 Å². The van der Waals surface area contributed by atoms with E-state index in [1.54, 1.807) is 6.07 Å². The van der Waals surface area contributed by atoms with Crippen molar-refractivity contribution in [3.63, 3.8) is 0 Å². The molecule has 1 aromatic rings. The lowest BCUT2D eigenvalue weighted by Gasteiger charge is -2.03. The Morgan fingerprint density at radius 2 is 2.21 bits per heavy atom. The third kappa shape index (κ3) is 5.39. The Bertz CT molecular complexity index is 511. The van der Waals surface area contributed by atoms with E-state index < -0.39 is 15.9 Å². The number of nitrogens with two attached hydrogens (primary N) is 1. The molecule has 108 valence electrons. The fourth-order valence-corrected chi connectivity index (χ4v) is 1.89. The van der Waals surface area contributed by atoms with E-state index in [-0.39, 0.29) is 11.7 Å². The molecule has 8 nitrogen and oxygen atoms in total. The highest BCUT2D eigenvalue weighted by Gasteiger charge is 2.15. The molecule has 4 N–H and O–H groups in total. The number of ether oxygens (including phenoxy) is 1. The lowest BCUT2D eigenvalue weighted by molar-refractivity contribution is -0.122. The van der Waals surface area contributed by atoms with Gasteiger partial charge >= 0.3 is 0 Å². The highest BCUT2D eigenvalue weighted by Crippen LogP contribution is 2.12. The van der Waals surface area contributed by atoms with Gasteiger partial charge in [-0.15, -0.1) is 0 Å². The fourth-order valence-electron chi connectivity index (χ4n) is 1.23. The first kappa shape index (κ1) is 15.6. The second-order valence-electron chi connectivity index (χ2n) is 3.62. The molecular weight excluding hydrogens is 274 g/mol. The van der Waals surface area contributed by atoms with Crippen molar-refractivity contribution in [1.29, 1.82) is 0 Å². The quantitative estimate of drug-likeness (QED) is 0.490. The lowest BCUT2D eigenvalue weighted by Crippen LogP contribution is -2.23. The SMILES string of the molecule is CNS(=O)(=O)c1ccc(CNCCOCC(N)=O)o1. The molecule has 0 unspecified atom stereocenters. The monoisotopic (exact) mass is 291 g/mol. The Hall–Kier alpha value is -1.42. The molecule has 1 rings (SSSR count). The Kier molecular flexibility index (Phi) is 5.96. The largest absolute Gasteiger partial charge is 0.447 e. The van der Waals surface area contributed by atoms with Crippen LogP contribution < -0.4 is 15.8 Å². The van der Waals surface area contributed by atoms with Gasteiger partial charge in [-0.2, -0.15) is 0 Å². The van der Waals surface area contributed by atoms with E-state index in [4.69, 9.17) is 14.9 Å². The third-order valence-corrected chi connectivity index (χ3v) is 3.42. The summed E-state index contributed by atoms with van der Waals surface area (Å²) in [7, 11) is -2.24. The summed E-state index contributed by atoms with van der Waals surface area (Å²) in [4.78, 5) is 10.4. The second-order valence-corrected chi connectivity index (χ2v) is 5.44. The summed E-state index contributed by atoms with van der Waals surface area (Å²) in [5, 5.41) is 2.84. The fraction of sp³-hybridized carbons (Fsp3) is 0.500. The molecule has 0 atom stereocenters. The molecular formula is C10H17N3O5S. The van der Waals surface area contributed by atoms with Gasteiger partial charge in [0.2, 0.25) is 11.0 Å². The molecule has 0 bridgehead atoms. The van der Waals surface area contributed by atoms with Crippen LogP contribution in [0.15, 0.2) is 21.6 Å². The molecule has 0 aliphatic rings. The van der Waals surface area contributed by atoms with E-state index in [1.807, 2.05) is 0 Å². The smallest absolute Gasteiger partial charge is 0.273 e. The first-order chi connectivity index (χ1) is 8.95. The van der Waals surface area contributed by atoms with Crippen LogP contribution in [0.4, 0.5) is 0 Å². The summed E-state index contributed by atoms with van der Waals surface area (Å²) < 4.78 is 35.1. The standard InChI is InChI=1S/C10H17N3O5S/c1-12-19(15,16)10-3-2-8(18-10)6-13-4-5-17-7-9(11)14/h2-3,12-13H,4-7H2,1H3,(H2,11,14). The van der Waals surface area contributed by atoms with Gasteiger partial charge in [0, 0.05) is 6.54 Å². The van der Waals surface area contributed by atoms with Crippen molar-refractivity contribution in [3.8, 4) is 0 Å². The maximum atomic E-state index is 11.4. The molecule has 9 heteroatoms. The Labute approximate surface area is 111 Å². The molecule has 1 aromatic heterocycles. The van der Waals surface area contributed by atoms with Gasteiger partial charge in [-0.05, 0) is 19.2 Å².